The minimum atomic E-state index is -4.61. The van der Waals surface area contributed by atoms with Crippen LogP contribution >= 0.6 is 0 Å². The molecule has 0 fully saturated rings. The SMILES string of the molecule is CNC(=O)c1ccc(NC(=O)c2ccccc2C(F)(F)F)cc1. The van der Waals surface area contributed by atoms with E-state index in [-0.39, 0.29) is 5.91 Å². The van der Waals surface area contributed by atoms with Gasteiger partial charge in [-0.3, -0.25) is 9.59 Å². The largest absolute Gasteiger partial charge is 0.417 e. The monoisotopic (exact) mass is 322 g/mol. The molecule has 0 unspecified atom stereocenters. The van der Waals surface area contributed by atoms with E-state index in [0.717, 1.165) is 12.1 Å². The van der Waals surface area contributed by atoms with E-state index in [9.17, 15) is 22.8 Å². The number of carbonyl (C=O) groups is 2. The molecule has 0 saturated carbocycles. The molecule has 23 heavy (non-hydrogen) atoms. The van der Waals surface area contributed by atoms with Gasteiger partial charge in [-0.25, -0.2) is 0 Å². The van der Waals surface area contributed by atoms with Crippen LogP contribution in [0.4, 0.5) is 18.9 Å². The van der Waals surface area contributed by atoms with Gasteiger partial charge in [0.05, 0.1) is 11.1 Å². The van der Waals surface area contributed by atoms with Gasteiger partial charge in [-0.2, -0.15) is 13.2 Å². The van der Waals surface area contributed by atoms with Gasteiger partial charge in [-0.15, -0.1) is 0 Å². The lowest BCUT2D eigenvalue weighted by atomic mass is 10.1. The van der Waals surface area contributed by atoms with Crippen molar-refractivity contribution in [3.8, 4) is 0 Å². The molecule has 0 aliphatic heterocycles. The van der Waals surface area contributed by atoms with Crippen molar-refractivity contribution in [3.63, 3.8) is 0 Å². The fourth-order valence-electron chi connectivity index (χ4n) is 1.98. The molecule has 7 heteroatoms. The maximum Gasteiger partial charge on any atom is 0.417 e. The van der Waals surface area contributed by atoms with Crippen molar-refractivity contribution in [2.45, 2.75) is 6.18 Å². The van der Waals surface area contributed by atoms with Gasteiger partial charge in [0.25, 0.3) is 11.8 Å². The first-order chi connectivity index (χ1) is 10.8. The molecule has 2 aromatic carbocycles. The van der Waals surface area contributed by atoms with E-state index in [1.807, 2.05) is 0 Å². The Hall–Kier alpha value is -2.83. The molecule has 0 bridgehead atoms. The van der Waals surface area contributed by atoms with Crippen LogP contribution in [0.2, 0.25) is 0 Å². The van der Waals surface area contributed by atoms with Crippen LogP contribution in [0, 0.1) is 0 Å². The van der Waals surface area contributed by atoms with Crippen LogP contribution < -0.4 is 10.6 Å². The van der Waals surface area contributed by atoms with Gasteiger partial charge in [-0.05, 0) is 36.4 Å². The summed E-state index contributed by atoms with van der Waals surface area (Å²) in [5.74, 6) is -1.17. The molecule has 0 heterocycles. The Labute approximate surface area is 130 Å². The second-order valence-electron chi connectivity index (χ2n) is 4.65. The third-order valence-electron chi connectivity index (χ3n) is 3.11. The van der Waals surface area contributed by atoms with Gasteiger partial charge >= 0.3 is 6.18 Å². The molecule has 2 rings (SSSR count). The average Bonchev–Trinajstić information content (AvgIpc) is 2.54. The van der Waals surface area contributed by atoms with Crippen LogP contribution in [0.25, 0.3) is 0 Å². The van der Waals surface area contributed by atoms with E-state index in [1.165, 1.54) is 43.4 Å². The quantitative estimate of drug-likeness (QED) is 0.911. The summed E-state index contributed by atoms with van der Waals surface area (Å²) in [4.78, 5) is 23.5. The third kappa shape index (κ3) is 3.88. The smallest absolute Gasteiger partial charge is 0.355 e. The summed E-state index contributed by atoms with van der Waals surface area (Å²) >= 11 is 0. The van der Waals surface area contributed by atoms with Crippen LogP contribution in [0.5, 0.6) is 0 Å². The molecule has 0 aliphatic carbocycles. The number of anilines is 1. The van der Waals surface area contributed by atoms with Crippen molar-refractivity contribution < 1.29 is 22.8 Å². The maximum absolute atomic E-state index is 12.9. The number of hydrogen-bond acceptors (Lipinski definition) is 2. The van der Waals surface area contributed by atoms with Crippen molar-refractivity contribution in [2.24, 2.45) is 0 Å². The molecule has 0 aliphatic rings. The van der Waals surface area contributed by atoms with E-state index < -0.39 is 23.2 Å². The first kappa shape index (κ1) is 16.5. The standard InChI is InChI=1S/C16H13F3N2O2/c1-20-14(22)10-6-8-11(9-7-10)21-15(23)12-4-2-3-5-13(12)16(17,18)19/h2-9H,1H3,(H,20,22)(H,21,23). The summed E-state index contributed by atoms with van der Waals surface area (Å²) in [7, 11) is 1.48. The van der Waals surface area contributed by atoms with Gasteiger partial charge in [0.15, 0.2) is 0 Å². The molecular formula is C16H13F3N2O2. The van der Waals surface area contributed by atoms with Crippen molar-refractivity contribution in [3.05, 3.63) is 65.2 Å². The number of alkyl halides is 3. The molecule has 2 aromatic rings. The Balaban J connectivity index is 2.22. The zero-order valence-corrected chi connectivity index (χ0v) is 12.1. The van der Waals surface area contributed by atoms with Gasteiger partial charge in [0, 0.05) is 18.3 Å². The summed E-state index contributed by atoms with van der Waals surface area (Å²) < 4.78 is 38.7. The third-order valence-corrected chi connectivity index (χ3v) is 3.11. The molecule has 0 radical (unpaired) electrons. The topological polar surface area (TPSA) is 58.2 Å². The Morgan fingerprint density at radius 1 is 0.913 bits per heavy atom. The number of carbonyl (C=O) groups excluding carboxylic acids is 2. The van der Waals surface area contributed by atoms with Gasteiger partial charge in [-0.1, -0.05) is 12.1 Å². The van der Waals surface area contributed by atoms with E-state index >= 15 is 0 Å². The minimum absolute atomic E-state index is 0.291. The summed E-state index contributed by atoms with van der Waals surface area (Å²) in [5, 5.41) is 4.82. The highest BCUT2D eigenvalue weighted by atomic mass is 19.4. The fraction of sp³-hybridized carbons (Fsp3) is 0.125. The van der Waals surface area contributed by atoms with Crippen molar-refractivity contribution in [1.82, 2.24) is 5.32 Å². The highest BCUT2D eigenvalue weighted by molar-refractivity contribution is 6.05. The predicted molar refractivity (Wildman–Crippen MR) is 79.2 cm³/mol. The second kappa shape index (κ2) is 6.51. The Bertz CT molecular complexity index is 725. The zero-order valence-electron chi connectivity index (χ0n) is 12.1. The van der Waals surface area contributed by atoms with Crippen molar-refractivity contribution >= 4 is 17.5 Å². The van der Waals surface area contributed by atoms with E-state index in [4.69, 9.17) is 0 Å². The lowest BCUT2D eigenvalue weighted by molar-refractivity contribution is -0.137. The number of halogens is 3. The molecule has 120 valence electrons. The summed E-state index contributed by atoms with van der Waals surface area (Å²) in [6.45, 7) is 0. The number of hydrogen-bond donors (Lipinski definition) is 2. The summed E-state index contributed by atoms with van der Waals surface area (Å²) in [6, 6.07) is 10.4. The van der Waals surface area contributed by atoms with Crippen LogP contribution in [-0.4, -0.2) is 18.9 Å². The fourth-order valence-corrected chi connectivity index (χ4v) is 1.98. The van der Waals surface area contributed by atoms with E-state index in [2.05, 4.69) is 10.6 Å². The minimum Gasteiger partial charge on any atom is -0.355 e. The number of nitrogens with one attached hydrogen (secondary N) is 2. The highest BCUT2D eigenvalue weighted by Gasteiger charge is 2.34. The van der Waals surface area contributed by atoms with Gasteiger partial charge in [0.1, 0.15) is 0 Å². The zero-order chi connectivity index (χ0) is 17.0. The number of benzene rings is 2. The van der Waals surface area contributed by atoms with Crippen LogP contribution in [0.15, 0.2) is 48.5 Å². The van der Waals surface area contributed by atoms with Gasteiger partial charge in [0.2, 0.25) is 0 Å². The Morgan fingerprint density at radius 2 is 1.52 bits per heavy atom. The van der Waals surface area contributed by atoms with Crippen LogP contribution in [0.1, 0.15) is 26.3 Å². The average molecular weight is 322 g/mol. The lowest BCUT2D eigenvalue weighted by Crippen LogP contribution is -2.19. The normalized spacial score (nSPS) is 11.0. The predicted octanol–water partition coefficient (Wildman–Crippen LogP) is 3.32. The molecule has 2 N–H and O–H groups in total. The lowest BCUT2D eigenvalue weighted by Gasteiger charge is -2.12. The molecule has 0 saturated heterocycles. The molecular weight excluding hydrogens is 309 g/mol. The Kier molecular flexibility index (Phi) is 4.68. The molecule has 0 atom stereocenters. The first-order valence-corrected chi connectivity index (χ1v) is 6.62. The molecule has 2 amide bonds. The summed E-state index contributed by atoms with van der Waals surface area (Å²) in [6.07, 6.45) is -4.61. The van der Waals surface area contributed by atoms with Crippen LogP contribution in [0.3, 0.4) is 0 Å². The first-order valence-electron chi connectivity index (χ1n) is 6.62. The van der Waals surface area contributed by atoms with E-state index in [1.54, 1.807) is 0 Å². The molecule has 4 nitrogen and oxygen atoms in total. The number of amides is 2. The highest BCUT2D eigenvalue weighted by Crippen LogP contribution is 2.32. The van der Waals surface area contributed by atoms with E-state index in [0.29, 0.717) is 11.3 Å². The molecule has 0 spiro atoms. The Morgan fingerprint density at radius 3 is 2.09 bits per heavy atom. The second-order valence-corrected chi connectivity index (χ2v) is 4.65. The van der Waals surface area contributed by atoms with Crippen molar-refractivity contribution in [1.29, 1.82) is 0 Å². The number of rotatable bonds is 3. The summed E-state index contributed by atoms with van der Waals surface area (Å²) in [5.41, 5.74) is -0.796. The van der Waals surface area contributed by atoms with Gasteiger partial charge < -0.3 is 10.6 Å². The van der Waals surface area contributed by atoms with Crippen LogP contribution in [-0.2, 0) is 6.18 Å². The van der Waals surface area contributed by atoms with Crippen molar-refractivity contribution in [2.75, 3.05) is 12.4 Å². The molecule has 0 aromatic heterocycles. The maximum atomic E-state index is 12.9.